The summed E-state index contributed by atoms with van der Waals surface area (Å²) in [5.74, 6) is -2.72. The number of aliphatic carboxylic acids is 1. The second-order valence-corrected chi connectivity index (χ2v) is 10.3. The molecule has 0 saturated carbocycles. The Morgan fingerprint density at radius 3 is 1.98 bits per heavy atom. The third kappa shape index (κ3) is 7.02. The van der Waals surface area contributed by atoms with E-state index in [1.165, 1.54) is 29.8 Å². The van der Waals surface area contributed by atoms with Gasteiger partial charge in [0.05, 0.1) is 0 Å². The number of carboxylic acids is 1. The van der Waals surface area contributed by atoms with Crippen molar-refractivity contribution in [3.63, 3.8) is 0 Å². The molecular weight excluding hydrogens is 557 g/mol. The van der Waals surface area contributed by atoms with Gasteiger partial charge in [0, 0.05) is 19.6 Å². The Hall–Kier alpha value is -4.12. The summed E-state index contributed by atoms with van der Waals surface area (Å²) < 4.78 is 59.1. The zero-order valence-corrected chi connectivity index (χ0v) is 22.8. The van der Waals surface area contributed by atoms with E-state index in [0.29, 0.717) is 29.4 Å². The van der Waals surface area contributed by atoms with E-state index in [1.807, 2.05) is 13.0 Å². The Morgan fingerprint density at radius 2 is 1.48 bits per heavy atom. The number of carbonyl (C=O) groups is 2. The van der Waals surface area contributed by atoms with E-state index in [9.17, 15) is 26.7 Å². The number of amides is 1. The molecule has 1 amide bonds. The van der Waals surface area contributed by atoms with Gasteiger partial charge in [-0.1, -0.05) is 54.6 Å². The second kappa shape index (κ2) is 12.8. The quantitative estimate of drug-likeness (QED) is 0.362. The number of hydrogen-bond acceptors (Lipinski definition) is 4. The SMILES string of the molecule is CC1=NC(c2ccc(F)cc2)(c2ccc(F)cc2)C(=O)N1CC1CCN(CCc2ccccc2)C1.O=C(O)C(F)(F)F. The van der Waals surface area contributed by atoms with Crippen LogP contribution in [0, 0.1) is 17.6 Å². The first kappa shape index (κ1) is 30.8. The minimum absolute atomic E-state index is 0.170. The summed E-state index contributed by atoms with van der Waals surface area (Å²) in [6.07, 6.45) is -3.05. The molecule has 2 aliphatic heterocycles. The maximum Gasteiger partial charge on any atom is 0.490 e. The number of hydrogen-bond donors (Lipinski definition) is 1. The van der Waals surface area contributed by atoms with Gasteiger partial charge in [-0.3, -0.25) is 9.69 Å². The van der Waals surface area contributed by atoms with Crippen LogP contribution in [0.2, 0.25) is 0 Å². The Bertz CT molecular complexity index is 1360. The number of carboxylic acid groups (broad SMARTS) is 1. The van der Waals surface area contributed by atoms with Crippen molar-refractivity contribution in [2.24, 2.45) is 10.9 Å². The van der Waals surface area contributed by atoms with Crippen LogP contribution in [0.3, 0.4) is 0 Å². The van der Waals surface area contributed by atoms with Crippen LogP contribution in [-0.4, -0.2) is 65.0 Å². The summed E-state index contributed by atoms with van der Waals surface area (Å²) in [6.45, 7) is 5.37. The maximum absolute atomic E-state index is 14.0. The molecule has 222 valence electrons. The second-order valence-electron chi connectivity index (χ2n) is 10.3. The number of halogens is 5. The molecule has 1 unspecified atom stereocenters. The molecule has 42 heavy (non-hydrogen) atoms. The molecule has 1 saturated heterocycles. The molecule has 5 rings (SSSR count). The monoisotopic (exact) mass is 587 g/mol. The van der Waals surface area contributed by atoms with E-state index >= 15 is 0 Å². The first-order valence-corrected chi connectivity index (χ1v) is 13.4. The number of nitrogens with zero attached hydrogens (tertiary/aromatic N) is 3. The van der Waals surface area contributed by atoms with Crippen molar-refractivity contribution in [3.05, 3.63) is 107 Å². The number of alkyl halides is 3. The molecule has 3 aromatic carbocycles. The summed E-state index contributed by atoms with van der Waals surface area (Å²) >= 11 is 0. The summed E-state index contributed by atoms with van der Waals surface area (Å²) in [4.78, 5) is 32.0. The largest absolute Gasteiger partial charge is 0.490 e. The fourth-order valence-electron chi connectivity index (χ4n) is 5.29. The number of likely N-dealkylation sites (tertiary alicyclic amines) is 1. The lowest BCUT2D eigenvalue weighted by atomic mass is 9.82. The van der Waals surface area contributed by atoms with Crippen LogP contribution < -0.4 is 0 Å². The molecule has 3 aromatic rings. The smallest absolute Gasteiger partial charge is 0.475 e. The highest BCUT2D eigenvalue weighted by atomic mass is 19.4. The highest BCUT2D eigenvalue weighted by molar-refractivity contribution is 6.09. The molecule has 11 heteroatoms. The van der Waals surface area contributed by atoms with Crippen molar-refractivity contribution in [2.75, 3.05) is 26.2 Å². The van der Waals surface area contributed by atoms with E-state index < -0.39 is 17.7 Å². The topological polar surface area (TPSA) is 73.2 Å². The summed E-state index contributed by atoms with van der Waals surface area (Å²) in [7, 11) is 0. The van der Waals surface area contributed by atoms with E-state index in [1.54, 1.807) is 29.2 Å². The lowest BCUT2D eigenvalue weighted by Gasteiger charge is -2.28. The molecule has 0 aromatic heterocycles. The molecule has 0 bridgehead atoms. The van der Waals surface area contributed by atoms with Crippen molar-refractivity contribution in [1.82, 2.24) is 9.80 Å². The Balaban J connectivity index is 0.000000517. The minimum Gasteiger partial charge on any atom is -0.475 e. The lowest BCUT2D eigenvalue weighted by molar-refractivity contribution is -0.192. The molecular formula is C31H30F5N3O3. The lowest BCUT2D eigenvalue weighted by Crippen LogP contribution is -2.43. The number of amidine groups is 1. The highest BCUT2D eigenvalue weighted by Crippen LogP contribution is 2.41. The fourth-order valence-corrected chi connectivity index (χ4v) is 5.29. The van der Waals surface area contributed by atoms with Crippen molar-refractivity contribution < 1.29 is 36.6 Å². The van der Waals surface area contributed by atoms with Crippen LogP contribution in [0.5, 0.6) is 0 Å². The van der Waals surface area contributed by atoms with Gasteiger partial charge in [0.2, 0.25) is 0 Å². The summed E-state index contributed by atoms with van der Waals surface area (Å²) in [5.41, 5.74) is 1.15. The van der Waals surface area contributed by atoms with Crippen molar-refractivity contribution in [3.8, 4) is 0 Å². The van der Waals surface area contributed by atoms with Crippen molar-refractivity contribution in [1.29, 1.82) is 0 Å². The molecule has 1 atom stereocenters. The number of carbonyl (C=O) groups excluding carboxylic acids is 1. The summed E-state index contributed by atoms with van der Waals surface area (Å²) in [5, 5.41) is 7.12. The first-order chi connectivity index (χ1) is 19.9. The van der Waals surface area contributed by atoms with Crippen LogP contribution in [0.15, 0.2) is 83.9 Å². The minimum atomic E-state index is -5.08. The molecule has 0 spiro atoms. The van der Waals surface area contributed by atoms with Crippen molar-refractivity contribution in [2.45, 2.75) is 31.5 Å². The van der Waals surface area contributed by atoms with Gasteiger partial charge in [-0.15, -0.1) is 0 Å². The Kier molecular flexibility index (Phi) is 9.40. The molecule has 1 N–H and O–H groups in total. The van der Waals surface area contributed by atoms with E-state index in [-0.39, 0.29) is 17.5 Å². The average molecular weight is 588 g/mol. The van der Waals surface area contributed by atoms with E-state index in [2.05, 4.69) is 29.2 Å². The number of benzene rings is 3. The van der Waals surface area contributed by atoms with Crippen LogP contribution in [0.4, 0.5) is 22.0 Å². The van der Waals surface area contributed by atoms with Gasteiger partial charge in [-0.2, -0.15) is 13.2 Å². The molecule has 0 radical (unpaired) electrons. The normalized spacial score (nSPS) is 18.4. The molecule has 0 aliphatic carbocycles. The van der Waals surface area contributed by atoms with Crippen LogP contribution in [0.25, 0.3) is 0 Å². The van der Waals surface area contributed by atoms with Crippen LogP contribution in [0.1, 0.15) is 30.0 Å². The standard InChI is InChI=1S/C29H29F2N3O.C2HF3O2/c1-21-32-29(24-7-11-26(30)12-8-24,25-9-13-27(31)14-10-25)28(35)34(21)20-23-16-18-33(19-23)17-15-22-5-3-2-4-6-22;3-2(4,5)1(6)7/h2-14,23H,15-20H2,1H3;(H,6,7). The number of aliphatic imine (C=N–C) groups is 1. The predicted molar refractivity (Wildman–Crippen MR) is 147 cm³/mol. The fraction of sp³-hybridized carbons (Fsp3) is 0.323. The molecule has 6 nitrogen and oxygen atoms in total. The van der Waals surface area contributed by atoms with Gasteiger partial charge in [-0.05, 0) is 73.2 Å². The van der Waals surface area contributed by atoms with Gasteiger partial charge in [-0.25, -0.2) is 18.6 Å². The van der Waals surface area contributed by atoms with Crippen LogP contribution >= 0.6 is 0 Å². The average Bonchev–Trinajstić information content (AvgIpc) is 3.51. The van der Waals surface area contributed by atoms with E-state index in [4.69, 9.17) is 14.9 Å². The number of rotatable bonds is 7. The zero-order chi connectivity index (χ0) is 30.5. The maximum atomic E-state index is 14.0. The predicted octanol–water partition coefficient (Wildman–Crippen LogP) is 5.67. The summed E-state index contributed by atoms with van der Waals surface area (Å²) in [6, 6.07) is 22.2. The zero-order valence-electron chi connectivity index (χ0n) is 22.8. The third-order valence-corrected chi connectivity index (χ3v) is 7.41. The molecule has 2 heterocycles. The van der Waals surface area contributed by atoms with Crippen LogP contribution in [-0.2, 0) is 21.5 Å². The van der Waals surface area contributed by atoms with Gasteiger partial charge in [0.25, 0.3) is 5.91 Å². The van der Waals surface area contributed by atoms with E-state index in [0.717, 1.165) is 32.5 Å². The first-order valence-electron chi connectivity index (χ1n) is 13.4. The Morgan fingerprint density at radius 1 is 0.952 bits per heavy atom. The van der Waals surface area contributed by atoms with Crippen molar-refractivity contribution >= 4 is 17.7 Å². The van der Waals surface area contributed by atoms with Gasteiger partial charge in [0.15, 0.2) is 5.54 Å². The molecule has 1 fully saturated rings. The molecule has 2 aliphatic rings. The Labute approximate surface area is 240 Å². The third-order valence-electron chi connectivity index (χ3n) is 7.41. The van der Waals surface area contributed by atoms with Gasteiger partial charge >= 0.3 is 12.1 Å². The highest BCUT2D eigenvalue weighted by Gasteiger charge is 2.50. The van der Waals surface area contributed by atoms with Gasteiger partial charge < -0.3 is 10.0 Å². The van der Waals surface area contributed by atoms with Gasteiger partial charge in [0.1, 0.15) is 17.5 Å².